The number of nitrogens with one attached hydrogen (secondary N) is 1. The van der Waals surface area contributed by atoms with Gasteiger partial charge < -0.3 is 19.2 Å². The van der Waals surface area contributed by atoms with E-state index in [2.05, 4.69) is 5.32 Å². The van der Waals surface area contributed by atoms with Crippen LogP contribution in [0.15, 0.2) is 59.0 Å². The minimum atomic E-state index is -1.05. The van der Waals surface area contributed by atoms with Crippen molar-refractivity contribution in [3.63, 3.8) is 0 Å². The van der Waals surface area contributed by atoms with Gasteiger partial charge in [0.1, 0.15) is 22.7 Å². The lowest BCUT2D eigenvalue weighted by Gasteiger charge is -2.16. The lowest BCUT2D eigenvalue weighted by molar-refractivity contribution is -0.122. The summed E-state index contributed by atoms with van der Waals surface area (Å²) in [5, 5.41) is 4.53. The van der Waals surface area contributed by atoms with Crippen molar-refractivity contribution in [3.05, 3.63) is 66.2 Å². The molecule has 0 aliphatic rings. The Morgan fingerprint density at radius 1 is 1.00 bits per heavy atom. The number of methoxy groups -OCH3 is 1. The zero-order valence-corrected chi connectivity index (χ0v) is 15.7. The third-order valence-corrected chi connectivity index (χ3v) is 4.53. The normalized spacial score (nSPS) is 12.1. The molecule has 0 spiro atoms. The zero-order valence-electron chi connectivity index (χ0n) is 15.7. The molecule has 0 saturated heterocycles. The molecule has 148 valence electrons. The second-order valence-electron chi connectivity index (χ2n) is 6.47. The predicted octanol–water partition coefficient (Wildman–Crippen LogP) is 5.28. The van der Waals surface area contributed by atoms with Crippen LogP contribution in [0.5, 0.6) is 11.5 Å². The summed E-state index contributed by atoms with van der Waals surface area (Å²) in [7, 11) is 1.50. The molecule has 29 heavy (non-hydrogen) atoms. The van der Waals surface area contributed by atoms with Crippen LogP contribution in [0.4, 0.5) is 14.5 Å². The molecule has 4 rings (SSSR count). The van der Waals surface area contributed by atoms with Crippen molar-refractivity contribution in [2.75, 3.05) is 12.4 Å². The maximum absolute atomic E-state index is 13.3. The summed E-state index contributed by atoms with van der Waals surface area (Å²) in [6, 6.07) is 14.1. The number of benzene rings is 3. The van der Waals surface area contributed by atoms with E-state index in [1.807, 2.05) is 24.3 Å². The highest BCUT2D eigenvalue weighted by atomic mass is 19.2. The first-order chi connectivity index (χ1) is 14.0. The predicted molar refractivity (Wildman–Crippen MR) is 105 cm³/mol. The average molecular weight is 397 g/mol. The quantitative estimate of drug-likeness (QED) is 0.498. The highest BCUT2D eigenvalue weighted by Gasteiger charge is 2.19. The van der Waals surface area contributed by atoms with Crippen LogP contribution in [0.25, 0.3) is 21.9 Å². The van der Waals surface area contributed by atoms with Gasteiger partial charge in [-0.05, 0) is 31.2 Å². The van der Waals surface area contributed by atoms with Crippen LogP contribution in [-0.2, 0) is 4.79 Å². The van der Waals surface area contributed by atoms with Gasteiger partial charge in [0, 0.05) is 22.9 Å². The number of halogens is 2. The summed E-state index contributed by atoms with van der Waals surface area (Å²) >= 11 is 0. The molecule has 7 heteroatoms. The zero-order chi connectivity index (χ0) is 20.5. The monoisotopic (exact) mass is 397 g/mol. The van der Waals surface area contributed by atoms with Crippen molar-refractivity contribution in [2.45, 2.75) is 13.0 Å². The molecule has 0 aliphatic heterocycles. The van der Waals surface area contributed by atoms with E-state index in [9.17, 15) is 13.6 Å². The van der Waals surface area contributed by atoms with Crippen LogP contribution in [-0.4, -0.2) is 19.1 Å². The lowest BCUT2D eigenvalue weighted by atomic mass is 10.1. The number of furan rings is 1. The lowest BCUT2D eigenvalue weighted by Crippen LogP contribution is -2.30. The summed E-state index contributed by atoms with van der Waals surface area (Å²) in [6.07, 6.45) is -0.962. The summed E-state index contributed by atoms with van der Waals surface area (Å²) in [4.78, 5) is 12.6. The van der Waals surface area contributed by atoms with Crippen molar-refractivity contribution >= 4 is 33.5 Å². The molecule has 4 aromatic rings. The van der Waals surface area contributed by atoms with Crippen LogP contribution in [0.3, 0.4) is 0 Å². The van der Waals surface area contributed by atoms with Gasteiger partial charge in [-0.25, -0.2) is 8.78 Å². The Bertz CT molecular complexity index is 1220. The van der Waals surface area contributed by atoms with Gasteiger partial charge >= 0.3 is 0 Å². The van der Waals surface area contributed by atoms with Crippen LogP contribution in [0, 0.1) is 11.6 Å². The number of hydrogen-bond acceptors (Lipinski definition) is 4. The molecule has 3 aromatic carbocycles. The maximum atomic E-state index is 13.3. The first-order valence-corrected chi connectivity index (χ1v) is 8.88. The van der Waals surface area contributed by atoms with E-state index in [-0.39, 0.29) is 5.75 Å². The van der Waals surface area contributed by atoms with E-state index in [4.69, 9.17) is 13.9 Å². The van der Waals surface area contributed by atoms with Gasteiger partial charge in [0.2, 0.25) is 0 Å². The van der Waals surface area contributed by atoms with E-state index in [0.29, 0.717) is 17.0 Å². The standard InChI is InChI=1S/C22H17F2NO4/c1-12(28-13-7-8-16(23)17(24)9-13)22(26)25-18-11-20-15(10-21(18)27-2)14-5-3-4-6-19(14)29-20/h3-12H,1-2H3,(H,25,26)/t12-/m0/s1. The van der Waals surface area contributed by atoms with E-state index >= 15 is 0 Å². The van der Waals surface area contributed by atoms with Crippen LogP contribution in [0.1, 0.15) is 6.92 Å². The second-order valence-corrected chi connectivity index (χ2v) is 6.47. The molecule has 0 fully saturated rings. The van der Waals surface area contributed by atoms with E-state index < -0.39 is 23.6 Å². The largest absolute Gasteiger partial charge is 0.495 e. The highest BCUT2D eigenvalue weighted by molar-refractivity contribution is 6.08. The van der Waals surface area contributed by atoms with Crippen molar-refractivity contribution in [1.29, 1.82) is 0 Å². The first kappa shape index (κ1) is 18.7. The third-order valence-electron chi connectivity index (χ3n) is 4.53. The summed E-state index contributed by atoms with van der Waals surface area (Å²) in [5.74, 6) is -2.02. The van der Waals surface area contributed by atoms with Gasteiger partial charge in [0.25, 0.3) is 5.91 Å². The van der Waals surface area contributed by atoms with Crippen molar-refractivity contribution in [1.82, 2.24) is 0 Å². The molecule has 1 amide bonds. The van der Waals surface area contributed by atoms with Gasteiger partial charge in [0.15, 0.2) is 17.7 Å². The number of anilines is 1. The fourth-order valence-electron chi connectivity index (χ4n) is 3.06. The molecule has 0 bridgehead atoms. The number of ether oxygens (including phenoxy) is 2. The maximum Gasteiger partial charge on any atom is 0.265 e. The van der Waals surface area contributed by atoms with E-state index in [0.717, 1.165) is 28.5 Å². The fourth-order valence-corrected chi connectivity index (χ4v) is 3.06. The third kappa shape index (κ3) is 3.59. The fraction of sp³-hybridized carbons (Fsp3) is 0.136. The van der Waals surface area contributed by atoms with Crippen molar-refractivity contribution in [3.8, 4) is 11.5 Å². The molecule has 0 radical (unpaired) electrons. The summed E-state index contributed by atoms with van der Waals surface area (Å²) in [6.45, 7) is 1.50. The summed E-state index contributed by atoms with van der Waals surface area (Å²) < 4.78 is 43.0. The minimum absolute atomic E-state index is 0.0475. The number of rotatable bonds is 5. The number of carbonyl (C=O) groups excluding carboxylic acids is 1. The van der Waals surface area contributed by atoms with Crippen molar-refractivity contribution < 1.29 is 27.5 Å². The minimum Gasteiger partial charge on any atom is -0.495 e. The Labute approximate surface area is 164 Å². The SMILES string of the molecule is COc1cc2c(cc1NC(=O)[C@H](C)Oc1ccc(F)c(F)c1)oc1ccccc12. The highest BCUT2D eigenvalue weighted by Crippen LogP contribution is 2.36. The average Bonchev–Trinajstić information content (AvgIpc) is 3.07. The molecule has 1 aromatic heterocycles. The smallest absolute Gasteiger partial charge is 0.265 e. The molecule has 5 nitrogen and oxygen atoms in total. The van der Waals surface area contributed by atoms with Gasteiger partial charge in [-0.3, -0.25) is 4.79 Å². The Balaban J connectivity index is 1.59. The van der Waals surface area contributed by atoms with E-state index in [1.165, 1.54) is 20.1 Å². The first-order valence-electron chi connectivity index (χ1n) is 8.88. The number of carbonyl (C=O) groups is 1. The van der Waals surface area contributed by atoms with Crippen LogP contribution in [0.2, 0.25) is 0 Å². The molecule has 1 N–H and O–H groups in total. The second kappa shape index (κ2) is 7.43. The molecule has 0 aliphatic carbocycles. The number of para-hydroxylation sites is 1. The van der Waals surface area contributed by atoms with Gasteiger partial charge in [-0.1, -0.05) is 18.2 Å². The number of fused-ring (bicyclic) bond motifs is 3. The van der Waals surface area contributed by atoms with Gasteiger partial charge in [-0.2, -0.15) is 0 Å². The number of hydrogen-bond donors (Lipinski definition) is 1. The Morgan fingerprint density at radius 3 is 2.55 bits per heavy atom. The van der Waals surface area contributed by atoms with Gasteiger partial charge in [0.05, 0.1) is 12.8 Å². The Kier molecular flexibility index (Phi) is 4.80. The van der Waals surface area contributed by atoms with Crippen LogP contribution >= 0.6 is 0 Å². The Hall–Kier alpha value is -3.61. The summed E-state index contributed by atoms with van der Waals surface area (Å²) in [5.41, 5.74) is 1.73. The molecule has 0 unspecified atom stereocenters. The molecular weight excluding hydrogens is 380 g/mol. The van der Waals surface area contributed by atoms with E-state index in [1.54, 1.807) is 12.1 Å². The Morgan fingerprint density at radius 2 is 1.79 bits per heavy atom. The molecule has 1 atom stereocenters. The molecule has 1 heterocycles. The topological polar surface area (TPSA) is 60.7 Å². The van der Waals surface area contributed by atoms with Gasteiger partial charge in [-0.15, -0.1) is 0 Å². The molecule has 0 saturated carbocycles. The van der Waals surface area contributed by atoms with Crippen LogP contribution < -0.4 is 14.8 Å². The van der Waals surface area contributed by atoms with Crippen molar-refractivity contribution in [2.24, 2.45) is 0 Å². The number of amides is 1. The molecular formula is C22H17F2NO4.